The van der Waals surface area contributed by atoms with Crippen LogP contribution in [0.1, 0.15) is 278 Å². The Hall–Kier alpha value is -4.83. The summed E-state index contributed by atoms with van der Waals surface area (Å²) in [6.45, 7) is 2.35. The first-order chi connectivity index (χ1) is 48.2. The van der Waals surface area contributed by atoms with Gasteiger partial charge in [0.15, 0.2) is 6.10 Å². The lowest BCUT2D eigenvalue weighted by Crippen LogP contribution is -2.30. The summed E-state index contributed by atoms with van der Waals surface area (Å²) in [5.41, 5.74) is 0. The number of hydrogen-bond donors (Lipinski definition) is 4. The molecule has 18 heteroatoms. The van der Waals surface area contributed by atoms with Gasteiger partial charge in [-0.1, -0.05) is 269 Å². The Morgan fingerprint density at radius 1 is 0.293 bits per heavy atom. The number of phosphoric acid groups is 2. The average Bonchev–Trinajstić information content (AvgIpc) is 1.84. The average molecular weight is 1430 g/mol. The van der Waals surface area contributed by atoms with Crippen LogP contribution >= 0.6 is 15.6 Å². The second kappa shape index (κ2) is 72.9. The van der Waals surface area contributed by atoms with E-state index in [2.05, 4.69) is 179 Å². The quantitative estimate of drug-likeness (QED) is 0.0146. The zero-order valence-electron chi connectivity index (χ0n) is 61.4. The van der Waals surface area contributed by atoms with Gasteiger partial charge in [-0.3, -0.25) is 32.5 Å². The molecule has 0 spiro atoms. The number of unbranched alkanes of at least 4 members (excludes halogenated alkanes) is 21. The lowest BCUT2D eigenvalue weighted by atomic mass is 10.1. The van der Waals surface area contributed by atoms with Gasteiger partial charge in [-0.2, -0.15) is 0 Å². The third kappa shape index (κ3) is 74.2. The third-order valence-corrected chi connectivity index (χ3v) is 17.1. The summed E-state index contributed by atoms with van der Waals surface area (Å²) in [6.07, 6.45) is 90.0. The fourth-order valence-corrected chi connectivity index (χ4v) is 11.1. The van der Waals surface area contributed by atoms with Gasteiger partial charge >= 0.3 is 33.6 Å². The summed E-state index contributed by atoms with van der Waals surface area (Å²) in [7, 11) is -9.81. The predicted molar refractivity (Wildman–Crippen MR) is 408 cm³/mol. The van der Waals surface area contributed by atoms with Crippen LogP contribution in [0.15, 0.2) is 158 Å². The van der Waals surface area contributed by atoms with E-state index >= 15 is 0 Å². The maximum Gasteiger partial charge on any atom is 0.472 e. The highest BCUT2D eigenvalue weighted by Crippen LogP contribution is 2.45. The Bertz CT molecular complexity index is 2430. The zero-order valence-corrected chi connectivity index (χ0v) is 63.1. The molecule has 564 valence electrons. The number of aliphatic hydroxyl groups is 2. The van der Waals surface area contributed by atoms with Gasteiger partial charge in [0.1, 0.15) is 25.4 Å². The number of aliphatic hydroxyl groups excluding tert-OH is 2. The number of rotatable bonds is 70. The van der Waals surface area contributed by atoms with E-state index in [1.54, 1.807) is 0 Å². The molecule has 0 fully saturated rings. The fourth-order valence-electron chi connectivity index (χ4n) is 9.51. The number of carbonyl (C=O) groups excluding carboxylic acids is 3. The van der Waals surface area contributed by atoms with Crippen LogP contribution in [-0.2, 0) is 55.8 Å². The van der Waals surface area contributed by atoms with E-state index in [9.17, 15) is 43.5 Å². The van der Waals surface area contributed by atoms with Crippen LogP contribution in [0.3, 0.4) is 0 Å². The molecule has 0 aromatic rings. The molecule has 0 aliphatic heterocycles. The van der Waals surface area contributed by atoms with Gasteiger partial charge in [-0.15, -0.1) is 0 Å². The monoisotopic (exact) mass is 1420 g/mol. The Kier molecular flexibility index (Phi) is 69.4. The van der Waals surface area contributed by atoms with Gasteiger partial charge in [0.25, 0.3) is 0 Å². The summed E-state index contributed by atoms with van der Waals surface area (Å²) in [5.74, 6) is -1.64. The molecule has 0 saturated carbocycles. The molecule has 0 aliphatic rings. The summed E-state index contributed by atoms with van der Waals surface area (Å²) in [5, 5.41) is 20.6. The maximum atomic E-state index is 13.0. The summed E-state index contributed by atoms with van der Waals surface area (Å²) < 4.78 is 61.0. The predicted octanol–water partition coefficient (Wildman–Crippen LogP) is 21.9. The number of ether oxygens (including phenoxy) is 3. The SMILES string of the molecule is CC/C=C\C/C=C\C/C=C\C/C=C\C/C=C\C/C=C\CCCCCCC(=O)OCC(COP(=O)(O)OCC(O)COP(=O)(O)OCC(O)COC(=O)CCCCCCCCCCC/C=C\C/C=C\C/C=C\C/C=C\CCCCC)OC(=O)CCCCCCC/C=C\C/C=C\C/C=C\CC. The molecule has 0 amide bonds. The minimum absolute atomic E-state index is 0.0730. The van der Waals surface area contributed by atoms with E-state index in [0.29, 0.717) is 19.3 Å². The third-order valence-electron chi connectivity index (χ3n) is 15.2. The van der Waals surface area contributed by atoms with E-state index in [1.165, 1.54) is 51.4 Å². The van der Waals surface area contributed by atoms with Crippen LogP contribution in [0.4, 0.5) is 0 Å². The highest BCUT2D eigenvalue weighted by Gasteiger charge is 2.29. The molecule has 4 N–H and O–H groups in total. The van der Waals surface area contributed by atoms with Gasteiger partial charge in [-0.05, 0) is 148 Å². The normalized spacial score (nSPS) is 14.9. The van der Waals surface area contributed by atoms with Crippen molar-refractivity contribution in [1.29, 1.82) is 0 Å². The van der Waals surface area contributed by atoms with Gasteiger partial charge in [0, 0.05) is 19.3 Å². The highest BCUT2D eigenvalue weighted by atomic mass is 31.2. The van der Waals surface area contributed by atoms with Gasteiger partial charge in [-0.25, -0.2) is 9.13 Å². The van der Waals surface area contributed by atoms with E-state index < -0.39 is 91.5 Å². The van der Waals surface area contributed by atoms with Crippen molar-refractivity contribution in [3.8, 4) is 0 Å². The second-order valence-electron chi connectivity index (χ2n) is 24.7. The molecule has 5 atom stereocenters. The highest BCUT2D eigenvalue weighted by molar-refractivity contribution is 7.47. The van der Waals surface area contributed by atoms with Crippen LogP contribution in [0.2, 0.25) is 0 Å². The molecule has 0 aromatic heterocycles. The lowest BCUT2D eigenvalue weighted by Gasteiger charge is -2.21. The van der Waals surface area contributed by atoms with Crippen molar-refractivity contribution in [2.24, 2.45) is 0 Å². The molecular formula is C81H134O16P2. The largest absolute Gasteiger partial charge is 0.472 e. The van der Waals surface area contributed by atoms with Crippen LogP contribution in [-0.4, -0.2) is 95.9 Å². The Morgan fingerprint density at radius 2 is 0.535 bits per heavy atom. The Balaban J connectivity index is 4.66. The Morgan fingerprint density at radius 3 is 0.848 bits per heavy atom. The summed E-state index contributed by atoms with van der Waals surface area (Å²) in [6, 6.07) is 0. The number of phosphoric ester groups is 2. The van der Waals surface area contributed by atoms with E-state index in [4.69, 9.17) is 32.3 Å². The molecule has 0 bridgehead atoms. The minimum atomic E-state index is -4.95. The van der Waals surface area contributed by atoms with Crippen molar-refractivity contribution in [3.63, 3.8) is 0 Å². The zero-order chi connectivity index (χ0) is 72.3. The maximum absolute atomic E-state index is 13.0. The molecule has 99 heavy (non-hydrogen) atoms. The standard InChI is InChI=1S/C81H134O16P2/c1-4-7-10-13-16-19-22-25-28-30-32-34-36-37-39-41-42-44-47-49-52-55-58-61-64-67-79(84)91-70-76(82)71-93-98(87,88)94-72-77(83)73-95-99(89,90)96-75-78(97-81(86)69-66-63-60-57-54-51-46-27-24-21-18-15-12-9-6-3)74-92-80(85)68-65-62-59-56-53-50-48-45-43-40-38-35-33-31-29-26-23-20-17-14-11-8-5-2/h8-9,11-12,16-21,25-29,32-35,37,39-40,43,46,48,50,76-78,82-83H,4-7,10,13-15,22-24,30-31,36,38,41-42,44-45,47,49,51-75H2,1-3H3,(H,87,88)(H,89,90)/b11-8-,12-9-,19-16-,20-17-,21-18-,28-25-,29-26-,34-32-,35-33-,39-37-,43-40-,46-27-,50-48-. The van der Waals surface area contributed by atoms with Crippen LogP contribution in [0.25, 0.3) is 0 Å². The minimum Gasteiger partial charge on any atom is -0.463 e. The molecule has 0 rings (SSSR count). The van der Waals surface area contributed by atoms with Gasteiger partial charge < -0.3 is 34.2 Å². The number of hydrogen-bond acceptors (Lipinski definition) is 14. The second-order valence-corrected chi connectivity index (χ2v) is 27.6. The van der Waals surface area contributed by atoms with Crippen molar-refractivity contribution in [2.75, 3.05) is 39.6 Å². The number of allylic oxidation sites excluding steroid dienone is 26. The molecule has 16 nitrogen and oxygen atoms in total. The van der Waals surface area contributed by atoms with Crippen molar-refractivity contribution >= 4 is 33.6 Å². The summed E-state index contributed by atoms with van der Waals surface area (Å²) in [4.78, 5) is 58.6. The molecule has 0 aliphatic carbocycles. The topological polar surface area (TPSA) is 231 Å². The first-order valence-electron chi connectivity index (χ1n) is 37.8. The van der Waals surface area contributed by atoms with Crippen molar-refractivity contribution in [1.82, 2.24) is 0 Å². The first-order valence-corrected chi connectivity index (χ1v) is 40.8. The van der Waals surface area contributed by atoms with Gasteiger partial charge in [0.2, 0.25) is 0 Å². The molecule has 0 saturated heterocycles. The number of esters is 3. The Labute approximate surface area is 600 Å². The number of carbonyl (C=O) groups is 3. The molecule has 0 radical (unpaired) electrons. The van der Waals surface area contributed by atoms with E-state index in [1.807, 2.05) is 0 Å². The smallest absolute Gasteiger partial charge is 0.463 e. The van der Waals surface area contributed by atoms with E-state index in [-0.39, 0.29) is 19.3 Å². The van der Waals surface area contributed by atoms with Crippen LogP contribution < -0.4 is 0 Å². The fraction of sp³-hybridized carbons (Fsp3) is 0.642. The lowest BCUT2D eigenvalue weighted by molar-refractivity contribution is -0.161. The summed E-state index contributed by atoms with van der Waals surface area (Å²) >= 11 is 0. The molecule has 0 aromatic carbocycles. The van der Waals surface area contributed by atoms with Crippen molar-refractivity contribution < 1.29 is 75.8 Å². The van der Waals surface area contributed by atoms with Crippen LogP contribution in [0, 0.1) is 0 Å². The van der Waals surface area contributed by atoms with Crippen LogP contribution in [0.5, 0.6) is 0 Å². The van der Waals surface area contributed by atoms with Crippen molar-refractivity contribution in [2.45, 2.75) is 296 Å². The van der Waals surface area contributed by atoms with E-state index in [0.717, 1.165) is 167 Å². The van der Waals surface area contributed by atoms with Gasteiger partial charge in [0.05, 0.1) is 26.4 Å². The molecule has 0 heterocycles. The molecular weight excluding hydrogens is 1290 g/mol. The van der Waals surface area contributed by atoms with Crippen molar-refractivity contribution in [3.05, 3.63) is 158 Å². The first kappa shape index (κ1) is 94.2. The molecule has 5 unspecified atom stereocenters.